The molecular weight excluding hydrogens is 162 g/mol. The van der Waals surface area contributed by atoms with E-state index in [-0.39, 0.29) is 5.54 Å². The van der Waals surface area contributed by atoms with Gasteiger partial charge in [-0.25, -0.2) is 0 Å². The Hall–Kier alpha value is -0.0800. The summed E-state index contributed by atoms with van der Waals surface area (Å²) in [4.78, 5) is 0. The summed E-state index contributed by atoms with van der Waals surface area (Å²) in [5.74, 6) is 0.648. The Morgan fingerprint density at radius 2 is 1.92 bits per heavy atom. The highest BCUT2D eigenvalue weighted by Crippen LogP contribution is 2.27. The molecule has 0 saturated carbocycles. The van der Waals surface area contributed by atoms with Crippen LogP contribution in [-0.4, -0.2) is 24.8 Å². The minimum atomic E-state index is 0.229. The average Bonchev–Trinajstić information content (AvgIpc) is 2.04. The molecule has 2 heteroatoms. The van der Waals surface area contributed by atoms with E-state index in [9.17, 15) is 0 Å². The lowest BCUT2D eigenvalue weighted by Gasteiger charge is -2.43. The molecule has 1 unspecified atom stereocenters. The summed E-state index contributed by atoms with van der Waals surface area (Å²) in [6.45, 7) is 10.8. The Morgan fingerprint density at radius 1 is 1.23 bits per heavy atom. The van der Waals surface area contributed by atoms with Crippen LogP contribution in [0.1, 0.15) is 40.5 Å². The standard InChI is InChI=1S/C11H23NO/c1-9(2)11(12-10(3)4)6-5-7-13-8-11/h9-10,12H,5-8H2,1-4H3. The maximum Gasteiger partial charge on any atom is 0.0650 e. The summed E-state index contributed by atoms with van der Waals surface area (Å²) in [7, 11) is 0. The fraction of sp³-hybridized carbons (Fsp3) is 1.00. The van der Waals surface area contributed by atoms with Crippen LogP contribution >= 0.6 is 0 Å². The van der Waals surface area contributed by atoms with Crippen molar-refractivity contribution in [3.63, 3.8) is 0 Å². The summed E-state index contributed by atoms with van der Waals surface area (Å²) >= 11 is 0. The van der Waals surface area contributed by atoms with Gasteiger partial charge >= 0.3 is 0 Å². The van der Waals surface area contributed by atoms with E-state index >= 15 is 0 Å². The van der Waals surface area contributed by atoms with E-state index in [2.05, 4.69) is 33.0 Å². The van der Waals surface area contributed by atoms with Crippen LogP contribution in [0.3, 0.4) is 0 Å². The third kappa shape index (κ3) is 2.68. The molecule has 0 aromatic carbocycles. The van der Waals surface area contributed by atoms with Crippen molar-refractivity contribution >= 4 is 0 Å². The quantitative estimate of drug-likeness (QED) is 0.727. The first-order valence-electron chi connectivity index (χ1n) is 5.42. The molecule has 0 radical (unpaired) electrons. The second-order valence-electron chi connectivity index (χ2n) is 4.77. The Kier molecular flexibility index (Phi) is 3.74. The van der Waals surface area contributed by atoms with Crippen molar-refractivity contribution in [2.75, 3.05) is 13.2 Å². The van der Waals surface area contributed by atoms with Gasteiger partial charge < -0.3 is 10.1 Å². The van der Waals surface area contributed by atoms with E-state index in [4.69, 9.17) is 4.74 Å². The van der Waals surface area contributed by atoms with Crippen LogP contribution in [0.25, 0.3) is 0 Å². The van der Waals surface area contributed by atoms with Gasteiger partial charge in [-0.3, -0.25) is 0 Å². The number of hydrogen-bond donors (Lipinski definition) is 1. The minimum absolute atomic E-state index is 0.229. The molecule has 13 heavy (non-hydrogen) atoms. The lowest BCUT2D eigenvalue weighted by atomic mass is 9.81. The molecule has 78 valence electrons. The predicted molar refractivity (Wildman–Crippen MR) is 55.9 cm³/mol. The van der Waals surface area contributed by atoms with Gasteiger partial charge in [0.2, 0.25) is 0 Å². The van der Waals surface area contributed by atoms with E-state index < -0.39 is 0 Å². The van der Waals surface area contributed by atoms with E-state index in [0.29, 0.717) is 12.0 Å². The van der Waals surface area contributed by atoms with E-state index in [1.54, 1.807) is 0 Å². The molecule has 0 aromatic rings. The van der Waals surface area contributed by atoms with Crippen molar-refractivity contribution < 1.29 is 4.74 Å². The Labute approximate surface area is 82.0 Å². The van der Waals surface area contributed by atoms with E-state index in [1.165, 1.54) is 12.8 Å². The smallest absolute Gasteiger partial charge is 0.0650 e. The monoisotopic (exact) mass is 185 g/mol. The van der Waals surface area contributed by atoms with Crippen LogP contribution in [0.5, 0.6) is 0 Å². The molecule has 0 aromatic heterocycles. The van der Waals surface area contributed by atoms with E-state index in [1.807, 2.05) is 0 Å². The average molecular weight is 185 g/mol. The zero-order chi connectivity index (χ0) is 9.90. The van der Waals surface area contributed by atoms with Crippen LogP contribution in [0, 0.1) is 5.92 Å². The van der Waals surface area contributed by atoms with Gasteiger partial charge in [-0.05, 0) is 18.8 Å². The number of ether oxygens (including phenoxy) is 1. The second-order valence-corrected chi connectivity index (χ2v) is 4.77. The molecule has 2 nitrogen and oxygen atoms in total. The van der Waals surface area contributed by atoms with Gasteiger partial charge in [0.05, 0.1) is 6.61 Å². The highest BCUT2D eigenvalue weighted by molar-refractivity contribution is 4.93. The molecule has 1 rings (SSSR count). The lowest BCUT2D eigenvalue weighted by Crippen LogP contribution is -2.57. The summed E-state index contributed by atoms with van der Waals surface area (Å²) in [6, 6.07) is 0.545. The summed E-state index contributed by atoms with van der Waals surface area (Å²) in [5, 5.41) is 3.67. The van der Waals surface area contributed by atoms with Gasteiger partial charge in [0.25, 0.3) is 0 Å². The van der Waals surface area contributed by atoms with Gasteiger partial charge in [0.15, 0.2) is 0 Å². The van der Waals surface area contributed by atoms with Crippen LogP contribution in [0.2, 0.25) is 0 Å². The molecule has 0 aliphatic carbocycles. The number of nitrogens with one attached hydrogen (secondary N) is 1. The molecule has 0 bridgehead atoms. The van der Waals surface area contributed by atoms with Crippen molar-refractivity contribution in [1.29, 1.82) is 0 Å². The third-order valence-corrected chi connectivity index (χ3v) is 2.95. The van der Waals surface area contributed by atoms with Gasteiger partial charge in [0, 0.05) is 18.2 Å². The summed E-state index contributed by atoms with van der Waals surface area (Å²) < 4.78 is 5.59. The van der Waals surface area contributed by atoms with E-state index in [0.717, 1.165) is 13.2 Å². The van der Waals surface area contributed by atoms with Crippen LogP contribution in [0.4, 0.5) is 0 Å². The first-order chi connectivity index (χ1) is 6.07. The van der Waals surface area contributed by atoms with Crippen molar-refractivity contribution in [2.24, 2.45) is 5.92 Å². The maximum atomic E-state index is 5.59. The normalized spacial score (nSPS) is 30.0. The molecule has 1 N–H and O–H groups in total. The minimum Gasteiger partial charge on any atom is -0.380 e. The molecule has 1 aliphatic heterocycles. The zero-order valence-electron chi connectivity index (χ0n) is 9.39. The molecule has 1 fully saturated rings. The Bertz CT molecular complexity index is 148. The second kappa shape index (κ2) is 4.43. The maximum absolute atomic E-state index is 5.59. The van der Waals surface area contributed by atoms with Crippen molar-refractivity contribution in [3.05, 3.63) is 0 Å². The highest BCUT2D eigenvalue weighted by Gasteiger charge is 2.35. The SMILES string of the molecule is CC(C)NC1(C(C)C)CCCOC1. The molecular formula is C11H23NO. The van der Waals surface area contributed by atoms with Crippen LogP contribution in [0.15, 0.2) is 0 Å². The van der Waals surface area contributed by atoms with Crippen molar-refractivity contribution in [2.45, 2.75) is 52.1 Å². The molecule has 1 saturated heterocycles. The fourth-order valence-corrected chi connectivity index (χ4v) is 2.13. The van der Waals surface area contributed by atoms with Crippen LogP contribution in [-0.2, 0) is 4.74 Å². The first-order valence-corrected chi connectivity index (χ1v) is 5.42. The number of rotatable bonds is 3. The molecule has 0 amide bonds. The summed E-state index contributed by atoms with van der Waals surface area (Å²) in [5.41, 5.74) is 0.229. The third-order valence-electron chi connectivity index (χ3n) is 2.95. The largest absolute Gasteiger partial charge is 0.380 e. The Balaban J connectivity index is 2.61. The van der Waals surface area contributed by atoms with Crippen molar-refractivity contribution in [3.8, 4) is 0 Å². The van der Waals surface area contributed by atoms with Gasteiger partial charge in [-0.15, -0.1) is 0 Å². The molecule has 1 atom stereocenters. The highest BCUT2D eigenvalue weighted by atomic mass is 16.5. The van der Waals surface area contributed by atoms with Gasteiger partial charge in [0.1, 0.15) is 0 Å². The fourth-order valence-electron chi connectivity index (χ4n) is 2.13. The predicted octanol–water partition coefficient (Wildman–Crippen LogP) is 2.19. The first kappa shape index (κ1) is 11.0. The molecule has 1 aliphatic rings. The van der Waals surface area contributed by atoms with Gasteiger partial charge in [-0.1, -0.05) is 27.7 Å². The number of hydrogen-bond acceptors (Lipinski definition) is 2. The molecule has 0 spiro atoms. The topological polar surface area (TPSA) is 21.3 Å². The Morgan fingerprint density at radius 3 is 2.31 bits per heavy atom. The van der Waals surface area contributed by atoms with Crippen molar-refractivity contribution in [1.82, 2.24) is 5.32 Å². The molecule has 1 heterocycles. The summed E-state index contributed by atoms with van der Waals surface area (Å²) in [6.07, 6.45) is 2.45. The van der Waals surface area contributed by atoms with Gasteiger partial charge in [-0.2, -0.15) is 0 Å². The zero-order valence-corrected chi connectivity index (χ0v) is 9.39. The lowest BCUT2D eigenvalue weighted by molar-refractivity contribution is -0.00588. The van der Waals surface area contributed by atoms with Crippen LogP contribution < -0.4 is 5.32 Å².